The molecule has 1 aromatic rings. The second-order valence-electron chi connectivity index (χ2n) is 4.20. The zero-order valence-electron chi connectivity index (χ0n) is 10.8. The van der Waals surface area contributed by atoms with Gasteiger partial charge in [-0.1, -0.05) is 0 Å². The first-order chi connectivity index (χ1) is 8.49. The van der Waals surface area contributed by atoms with E-state index in [1.54, 1.807) is 6.07 Å². The van der Waals surface area contributed by atoms with Crippen LogP contribution in [0.4, 0.5) is 5.69 Å². The maximum Gasteiger partial charge on any atom is 0.270 e. The van der Waals surface area contributed by atoms with Crippen molar-refractivity contribution in [3.63, 3.8) is 0 Å². The minimum atomic E-state index is -0.432. The first kappa shape index (κ1) is 14.4. The molecule has 1 aromatic carbocycles. The minimum Gasteiger partial charge on any atom is -0.496 e. The third kappa shape index (κ3) is 3.41. The number of nitrogens with zero attached hydrogens (tertiary/aromatic N) is 2. The fraction of sp³-hybridized carbons (Fsp3) is 0.500. The van der Waals surface area contributed by atoms with E-state index in [1.807, 2.05) is 18.9 Å². The van der Waals surface area contributed by atoms with Crippen LogP contribution in [0.15, 0.2) is 18.2 Å². The van der Waals surface area contributed by atoms with Crippen LogP contribution in [-0.2, 0) is 6.54 Å². The van der Waals surface area contributed by atoms with Gasteiger partial charge in [0.05, 0.1) is 18.6 Å². The van der Waals surface area contributed by atoms with Crippen LogP contribution in [-0.4, -0.2) is 41.7 Å². The number of rotatable bonds is 6. The lowest BCUT2D eigenvalue weighted by Crippen LogP contribution is -2.31. The van der Waals surface area contributed by atoms with Crippen molar-refractivity contribution in [3.8, 4) is 5.75 Å². The van der Waals surface area contributed by atoms with Gasteiger partial charge in [0, 0.05) is 30.3 Å². The Morgan fingerprint density at radius 3 is 2.72 bits per heavy atom. The second kappa shape index (κ2) is 6.32. The fourth-order valence-electron chi connectivity index (χ4n) is 1.57. The van der Waals surface area contributed by atoms with Crippen LogP contribution >= 0.6 is 0 Å². The number of methoxy groups -OCH3 is 1. The molecule has 0 heterocycles. The van der Waals surface area contributed by atoms with E-state index in [0.29, 0.717) is 12.3 Å². The van der Waals surface area contributed by atoms with E-state index in [9.17, 15) is 10.1 Å². The summed E-state index contributed by atoms with van der Waals surface area (Å²) in [6.07, 6.45) is 0. The lowest BCUT2D eigenvalue weighted by molar-refractivity contribution is -0.385. The first-order valence-electron chi connectivity index (χ1n) is 5.62. The molecule has 0 aliphatic rings. The number of likely N-dealkylation sites (N-methyl/N-ethyl adjacent to an activating group) is 1. The maximum atomic E-state index is 10.7. The standard InChI is InChI=1S/C12H18N2O4/c1-9(8-15)13(2)7-10-6-11(14(16)17)4-5-12(10)18-3/h4-6,9,15H,7-8H2,1-3H3. The van der Waals surface area contributed by atoms with Gasteiger partial charge in [-0.3, -0.25) is 15.0 Å². The number of nitro benzene ring substituents is 1. The smallest absolute Gasteiger partial charge is 0.270 e. The Labute approximate surface area is 106 Å². The van der Waals surface area contributed by atoms with Crippen molar-refractivity contribution in [2.24, 2.45) is 0 Å². The summed E-state index contributed by atoms with van der Waals surface area (Å²) >= 11 is 0. The number of hydrogen-bond donors (Lipinski definition) is 1. The summed E-state index contributed by atoms with van der Waals surface area (Å²) < 4.78 is 5.18. The number of non-ortho nitro benzene ring substituents is 1. The van der Waals surface area contributed by atoms with Crippen molar-refractivity contribution >= 4 is 5.69 Å². The molecule has 1 atom stereocenters. The Morgan fingerprint density at radius 1 is 1.56 bits per heavy atom. The third-order valence-electron chi connectivity index (χ3n) is 2.91. The summed E-state index contributed by atoms with van der Waals surface area (Å²) in [7, 11) is 3.37. The van der Waals surface area contributed by atoms with E-state index in [0.717, 1.165) is 5.56 Å². The molecule has 18 heavy (non-hydrogen) atoms. The average molecular weight is 254 g/mol. The van der Waals surface area contributed by atoms with Gasteiger partial charge in [0.25, 0.3) is 5.69 Å². The normalized spacial score (nSPS) is 12.5. The van der Waals surface area contributed by atoms with E-state index in [-0.39, 0.29) is 18.3 Å². The zero-order valence-corrected chi connectivity index (χ0v) is 10.8. The molecule has 0 bridgehead atoms. The van der Waals surface area contributed by atoms with Gasteiger partial charge in [-0.2, -0.15) is 0 Å². The molecule has 0 fully saturated rings. The predicted molar refractivity (Wildman–Crippen MR) is 67.7 cm³/mol. The SMILES string of the molecule is COc1ccc([N+](=O)[O-])cc1CN(C)C(C)CO. The Kier molecular flexibility index (Phi) is 5.06. The van der Waals surface area contributed by atoms with Gasteiger partial charge < -0.3 is 9.84 Å². The predicted octanol–water partition coefficient (Wildman–Crippen LogP) is 1.42. The Balaban J connectivity index is 2.97. The molecule has 6 nitrogen and oxygen atoms in total. The number of benzene rings is 1. The van der Waals surface area contributed by atoms with Crippen molar-refractivity contribution in [1.82, 2.24) is 4.90 Å². The second-order valence-corrected chi connectivity index (χ2v) is 4.20. The van der Waals surface area contributed by atoms with Crippen molar-refractivity contribution in [2.45, 2.75) is 19.5 Å². The molecule has 1 rings (SSSR count). The number of ether oxygens (including phenoxy) is 1. The molecular formula is C12H18N2O4. The molecule has 6 heteroatoms. The van der Waals surface area contributed by atoms with E-state index in [1.165, 1.54) is 19.2 Å². The van der Waals surface area contributed by atoms with Crippen LogP contribution in [0.2, 0.25) is 0 Å². The highest BCUT2D eigenvalue weighted by molar-refractivity contribution is 5.43. The number of aliphatic hydroxyl groups is 1. The highest BCUT2D eigenvalue weighted by Gasteiger charge is 2.15. The Bertz CT molecular complexity index is 423. The topological polar surface area (TPSA) is 75.8 Å². The van der Waals surface area contributed by atoms with Gasteiger partial charge >= 0.3 is 0 Å². The van der Waals surface area contributed by atoms with Crippen LogP contribution in [0.25, 0.3) is 0 Å². The number of aliphatic hydroxyl groups excluding tert-OH is 1. The molecule has 0 spiro atoms. The van der Waals surface area contributed by atoms with Crippen LogP contribution in [0.1, 0.15) is 12.5 Å². The third-order valence-corrected chi connectivity index (χ3v) is 2.91. The maximum absolute atomic E-state index is 10.7. The molecule has 0 saturated carbocycles. The highest BCUT2D eigenvalue weighted by Crippen LogP contribution is 2.25. The summed E-state index contributed by atoms with van der Waals surface area (Å²) in [5, 5.41) is 19.8. The van der Waals surface area contributed by atoms with E-state index in [4.69, 9.17) is 9.84 Å². The molecule has 0 amide bonds. The van der Waals surface area contributed by atoms with E-state index < -0.39 is 4.92 Å². The monoisotopic (exact) mass is 254 g/mol. The summed E-state index contributed by atoms with van der Waals surface area (Å²) in [5.41, 5.74) is 0.769. The van der Waals surface area contributed by atoms with Gasteiger partial charge in [0.2, 0.25) is 0 Å². The minimum absolute atomic E-state index is 0.0195. The van der Waals surface area contributed by atoms with Gasteiger partial charge in [-0.25, -0.2) is 0 Å². The average Bonchev–Trinajstić information content (AvgIpc) is 2.37. The van der Waals surface area contributed by atoms with Gasteiger partial charge in [-0.15, -0.1) is 0 Å². The van der Waals surface area contributed by atoms with Gasteiger partial charge in [0.1, 0.15) is 5.75 Å². The molecule has 0 saturated heterocycles. The number of hydrogen-bond acceptors (Lipinski definition) is 5. The lowest BCUT2D eigenvalue weighted by atomic mass is 10.1. The summed E-state index contributed by atoms with van der Waals surface area (Å²) in [5.74, 6) is 0.609. The van der Waals surface area contributed by atoms with Crippen LogP contribution in [0.3, 0.4) is 0 Å². The van der Waals surface area contributed by atoms with E-state index >= 15 is 0 Å². The summed E-state index contributed by atoms with van der Waals surface area (Å²) in [4.78, 5) is 12.2. The van der Waals surface area contributed by atoms with Crippen molar-refractivity contribution in [1.29, 1.82) is 0 Å². The molecule has 1 unspecified atom stereocenters. The molecule has 1 N–H and O–H groups in total. The van der Waals surface area contributed by atoms with Crippen LogP contribution in [0.5, 0.6) is 5.75 Å². The van der Waals surface area contributed by atoms with Crippen molar-refractivity contribution < 1.29 is 14.8 Å². The molecule has 0 aliphatic heterocycles. The summed E-state index contributed by atoms with van der Waals surface area (Å²) in [6, 6.07) is 4.48. The molecule has 0 aliphatic carbocycles. The van der Waals surface area contributed by atoms with E-state index in [2.05, 4.69) is 0 Å². The lowest BCUT2D eigenvalue weighted by Gasteiger charge is -2.23. The van der Waals surface area contributed by atoms with Gasteiger partial charge in [-0.05, 0) is 20.0 Å². The quantitative estimate of drug-likeness (QED) is 0.613. The van der Waals surface area contributed by atoms with Crippen molar-refractivity contribution in [2.75, 3.05) is 20.8 Å². The van der Waals surface area contributed by atoms with Crippen molar-refractivity contribution in [3.05, 3.63) is 33.9 Å². The Morgan fingerprint density at radius 2 is 2.22 bits per heavy atom. The Hall–Kier alpha value is -1.66. The highest BCUT2D eigenvalue weighted by atomic mass is 16.6. The largest absolute Gasteiger partial charge is 0.496 e. The zero-order chi connectivity index (χ0) is 13.7. The molecule has 100 valence electrons. The number of nitro groups is 1. The van der Waals surface area contributed by atoms with Gasteiger partial charge in [0.15, 0.2) is 0 Å². The molecular weight excluding hydrogens is 236 g/mol. The summed E-state index contributed by atoms with van der Waals surface area (Å²) in [6.45, 7) is 2.39. The van der Waals surface area contributed by atoms with Crippen LogP contribution in [0, 0.1) is 10.1 Å². The molecule has 0 aromatic heterocycles. The first-order valence-corrected chi connectivity index (χ1v) is 5.62. The molecule has 0 radical (unpaired) electrons. The fourth-order valence-corrected chi connectivity index (χ4v) is 1.57. The van der Waals surface area contributed by atoms with Crippen LogP contribution < -0.4 is 4.74 Å².